The molecule has 0 aliphatic carbocycles. The number of carbonyl (C=O) groups excluding carboxylic acids is 3. The maximum atomic E-state index is 12.6. The number of carbonyl (C=O) groups is 3. The third-order valence-electron chi connectivity index (χ3n) is 4.79. The predicted octanol–water partition coefficient (Wildman–Crippen LogP) is 1.62. The van der Waals surface area contributed by atoms with Crippen molar-refractivity contribution in [3.63, 3.8) is 0 Å². The van der Waals surface area contributed by atoms with E-state index in [0.29, 0.717) is 18.0 Å². The number of rotatable bonds is 8. The minimum Gasteiger partial charge on any atom is -0.325 e. The summed E-state index contributed by atoms with van der Waals surface area (Å²) in [5.74, 6) is -0.594. The van der Waals surface area contributed by atoms with Crippen LogP contribution in [0.15, 0.2) is 29.2 Å². The van der Waals surface area contributed by atoms with E-state index in [1.807, 2.05) is 13.8 Å². The van der Waals surface area contributed by atoms with Crippen LogP contribution in [0.5, 0.6) is 0 Å². The summed E-state index contributed by atoms with van der Waals surface area (Å²) in [6.07, 6.45) is 1.26. The van der Waals surface area contributed by atoms with Crippen LogP contribution in [0.4, 0.5) is 10.5 Å². The first-order valence-corrected chi connectivity index (χ1v) is 10.8. The van der Waals surface area contributed by atoms with Gasteiger partial charge in [-0.05, 0) is 49.9 Å². The SMILES string of the molecule is CC(C)CCC1(C)NC(=O)N(CC(=O)Nc2ccc(S(=O)(=O)N(C)C)cc2)C1=O. The topological polar surface area (TPSA) is 116 Å². The molecule has 0 spiro atoms. The highest BCUT2D eigenvalue weighted by Crippen LogP contribution is 2.25. The molecule has 1 aliphatic heterocycles. The van der Waals surface area contributed by atoms with E-state index in [9.17, 15) is 22.8 Å². The summed E-state index contributed by atoms with van der Waals surface area (Å²) in [4.78, 5) is 38.2. The van der Waals surface area contributed by atoms with Crippen LogP contribution in [0, 0.1) is 5.92 Å². The zero-order valence-corrected chi connectivity index (χ0v) is 18.2. The first-order chi connectivity index (χ1) is 13.4. The van der Waals surface area contributed by atoms with Crippen molar-refractivity contribution in [3.8, 4) is 0 Å². The first kappa shape index (κ1) is 22.8. The molecule has 0 bridgehead atoms. The number of anilines is 1. The number of nitrogens with zero attached hydrogens (tertiary/aromatic N) is 2. The smallest absolute Gasteiger partial charge is 0.325 e. The summed E-state index contributed by atoms with van der Waals surface area (Å²) >= 11 is 0. The van der Waals surface area contributed by atoms with Gasteiger partial charge in [0.15, 0.2) is 0 Å². The number of hydrogen-bond donors (Lipinski definition) is 2. The fraction of sp³-hybridized carbons (Fsp3) is 0.526. The largest absolute Gasteiger partial charge is 0.325 e. The number of amides is 4. The van der Waals surface area contributed by atoms with Crippen molar-refractivity contribution in [1.29, 1.82) is 0 Å². The fourth-order valence-electron chi connectivity index (χ4n) is 2.90. The van der Waals surface area contributed by atoms with Crippen LogP contribution in [-0.2, 0) is 19.6 Å². The zero-order chi connectivity index (χ0) is 22.0. The van der Waals surface area contributed by atoms with Crippen molar-refractivity contribution < 1.29 is 22.8 Å². The Bertz CT molecular complexity index is 896. The lowest BCUT2D eigenvalue weighted by Gasteiger charge is -2.22. The highest BCUT2D eigenvalue weighted by atomic mass is 32.2. The molecule has 1 aromatic rings. The molecule has 1 aromatic carbocycles. The lowest BCUT2D eigenvalue weighted by Crippen LogP contribution is -2.44. The van der Waals surface area contributed by atoms with Gasteiger partial charge in [-0.3, -0.25) is 14.5 Å². The summed E-state index contributed by atoms with van der Waals surface area (Å²) in [7, 11) is -0.708. The molecular weight excluding hydrogens is 396 g/mol. The van der Waals surface area contributed by atoms with Gasteiger partial charge in [-0.1, -0.05) is 13.8 Å². The van der Waals surface area contributed by atoms with E-state index in [0.717, 1.165) is 15.6 Å². The molecule has 1 heterocycles. The third-order valence-corrected chi connectivity index (χ3v) is 6.61. The van der Waals surface area contributed by atoms with Crippen molar-refractivity contribution in [2.24, 2.45) is 5.92 Å². The Morgan fingerprint density at radius 3 is 2.31 bits per heavy atom. The molecule has 29 heavy (non-hydrogen) atoms. The van der Waals surface area contributed by atoms with Gasteiger partial charge in [0.2, 0.25) is 15.9 Å². The van der Waals surface area contributed by atoms with E-state index in [4.69, 9.17) is 0 Å². The normalized spacial score (nSPS) is 19.8. The van der Waals surface area contributed by atoms with Gasteiger partial charge in [0, 0.05) is 19.8 Å². The van der Waals surface area contributed by atoms with Gasteiger partial charge in [-0.25, -0.2) is 17.5 Å². The molecule has 1 atom stereocenters. The molecule has 10 heteroatoms. The second-order valence-corrected chi connectivity index (χ2v) is 10.1. The lowest BCUT2D eigenvalue weighted by atomic mass is 9.92. The Kier molecular flexibility index (Phi) is 6.69. The molecule has 2 rings (SSSR count). The number of benzene rings is 1. The van der Waals surface area contributed by atoms with Gasteiger partial charge < -0.3 is 10.6 Å². The molecule has 160 valence electrons. The Labute approximate surface area is 171 Å². The van der Waals surface area contributed by atoms with Crippen LogP contribution < -0.4 is 10.6 Å². The van der Waals surface area contributed by atoms with Crippen LogP contribution in [0.3, 0.4) is 0 Å². The van der Waals surface area contributed by atoms with E-state index in [1.165, 1.54) is 38.4 Å². The summed E-state index contributed by atoms with van der Waals surface area (Å²) < 4.78 is 25.2. The molecule has 0 radical (unpaired) electrons. The summed E-state index contributed by atoms with van der Waals surface area (Å²) in [6, 6.07) is 5.06. The van der Waals surface area contributed by atoms with Crippen molar-refractivity contribution in [1.82, 2.24) is 14.5 Å². The van der Waals surface area contributed by atoms with Crippen LogP contribution in [0.25, 0.3) is 0 Å². The van der Waals surface area contributed by atoms with Crippen LogP contribution in [0.2, 0.25) is 0 Å². The number of imide groups is 1. The molecule has 2 N–H and O–H groups in total. The molecule has 1 unspecified atom stereocenters. The van der Waals surface area contributed by atoms with Gasteiger partial charge in [-0.2, -0.15) is 0 Å². The minimum atomic E-state index is -3.57. The van der Waals surface area contributed by atoms with E-state index in [-0.39, 0.29) is 4.90 Å². The van der Waals surface area contributed by atoms with Gasteiger partial charge in [0.25, 0.3) is 5.91 Å². The number of nitrogens with one attached hydrogen (secondary N) is 2. The Balaban J connectivity index is 2.02. The standard InChI is InChI=1S/C19H28N4O5S/c1-13(2)10-11-19(3)17(25)23(18(26)21-19)12-16(24)20-14-6-8-15(9-7-14)29(27,28)22(4)5/h6-9,13H,10-12H2,1-5H3,(H,20,24)(H,21,26). The second kappa shape index (κ2) is 8.50. The number of urea groups is 1. The van der Waals surface area contributed by atoms with E-state index >= 15 is 0 Å². The molecule has 0 saturated carbocycles. The average molecular weight is 425 g/mol. The van der Waals surface area contributed by atoms with Gasteiger partial charge in [-0.15, -0.1) is 0 Å². The molecule has 1 saturated heterocycles. The third kappa shape index (κ3) is 5.13. The van der Waals surface area contributed by atoms with Crippen molar-refractivity contribution in [2.75, 3.05) is 26.0 Å². The fourth-order valence-corrected chi connectivity index (χ4v) is 3.80. The molecule has 0 aromatic heterocycles. The monoisotopic (exact) mass is 424 g/mol. The zero-order valence-electron chi connectivity index (χ0n) is 17.4. The second-order valence-electron chi connectivity index (χ2n) is 7.95. The maximum Gasteiger partial charge on any atom is 0.325 e. The van der Waals surface area contributed by atoms with E-state index in [1.54, 1.807) is 6.92 Å². The van der Waals surface area contributed by atoms with Gasteiger partial charge >= 0.3 is 6.03 Å². The molecule has 9 nitrogen and oxygen atoms in total. The van der Waals surface area contributed by atoms with Crippen molar-refractivity contribution in [3.05, 3.63) is 24.3 Å². The van der Waals surface area contributed by atoms with E-state index in [2.05, 4.69) is 10.6 Å². The number of sulfonamides is 1. The molecule has 1 aliphatic rings. The first-order valence-electron chi connectivity index (χ1n) is 9.33. The Hall–Kier alpha value is -2.46. The highest BCUT2D eigenvalue weighted by molar-refractivity contribution is 7.89. The Morgan fingerprint density at radius 1 is 1.21 bits per heavy atom. The predicted molar refractivity (Wildman–Crippen MR) is 109 cm³/mol. The van der Waals surface area contributed by atoms with Crippen LogP contribution in [-0.4, -0.2) is 61.6 Å². The summed E-state index contributed by atoms with van der Waals surface area (Å²) in [5.41, 5.74) is -0.647. The van der Waals surface area contributed by atoms with Gasteiger partial charge in [0.1, 0.15) is 12.1 Å². The quantitative estimate of drug-likeness (QED) is 0.615. The van der Waals surface area contributed by atoms with E-state index < -0.39 is 40.0 Å². The van der Waals surface area contributed by atoms with Gasteiger partial charge in [0.05, 0.1) is 4.90 Å². The van der Waals surface area contributed by atoms with Crippen LogP contribution >= 0.6 is 0 Å². The van der Waals surface area contributed by atoms with Crippen molar-refractivity contribution >= 4 is 33.6 Å². The average Bonchev–Trinajstić information content (AvgIpc) is 2.84. The molecular formula is C19H28N4O5S. The highest BCUT2D eigenvalue weighted by Gasteiger charge is 2.47. The molecule has 1 fully saturated rings. The summed E-state index contributed by atoms with van der Waals surface area (Å²) in [5, 5.41) is 5.25. The molecule has 4 amide bonds. The summed E-state index contributed by atoms with van der Waals surface area (Å²) in [6.45, 7) is 5.31. The van der Waals surface area contributed by atoms with Crippen molar-refractivity contribution in [2.45, 2.75) is 44.0 Å². The number of hydrogen-bond acceptors (Lipinski definition) is 5. The lowest BCUT2D eigenvalue weighted by molar-refractivity contribution is -0.133. The van der Waals surface area contributed by atoms with Crippen LogP contribution in [0.1, 0.15) is 33.6 Å². The maximum absolute atomic E-state index is 12.6. The minimum absolute atomic E-state index is 0.0931. The Morgan fingerprint density at radius 2 is 1.79 bits per heavy atom.